The van der Waals surface area contributed by atoms with Crippen molar-refractivity contribution in [1.82, 2.24) is 0 Å². The SMILES string of the molecule is CC(C)(C)c1ccccc1Oc1c(C(F)(F)F)oc2cc(OCC(=O)[O-])ccc2c1=O. The minimum absolute atomic E-state index is 0.0975. The highest BCUT2D eigenvalue weighted by atomic mass is 19.4. The number of fused-ring (bicyclic) bond motifs is 1. The van der Waals surface area contributed by atoms with Crippen molar-refractivity contribution in [1.29, 1.82) is 0 Å². The maximum absolute atomic E-state index is 13.7. The van der Waals surface area contributed by atoms with Crippen LogP contribution in [0.25, 0.3) is 11.0 Å². The fraction of sp³-hybridized carbons (Fsp3) is 0.273. The summed E-state index contributed by atoms with van der Waals surface area (Å²) < 4.78 is 56.5. The van der Waals surface area contributed by atoms with E-state index in [4.69, 9.17) is 13.9 Å². The number of hydrogen-bond acceptors (Lipinski definition) is 6. The largest absolute Gasteiger partial charge is 0.546 e. The highest BCUT2D eigenvalue weighted by molar-refractivity contribution is 5.80. The van der Waals surface area contributed by atoms with Crippen LogP contribution in [-0.2, 0) is 16.4 Å². The molecule has 3 rings (SSSR count). The number of halogens is 3. The van der Waals surface area contributed by atoms with E-state index in [0.717, 1.165) is 6.07 Å². The van der Waals surface area contributed by atoms with Gasteiger partial charge in [0, 0.05) is 11.6 Å². The molecule has 0 amide bonds. The second-order valence-corrected chi connectivity index (χ2v) is 7.75. The van der Waals surface area contributed by atoms with E-state index < -0.39 is 46.7 Å². The lowest BCUT2D eigenvalue weighted by Crippen LogP contribution is -2.28. The summed E-state index contributed by atoms with van der Waals surface area (Å²) >= 11 is 0. The average Bonchev–Trinajstić information content (AvgIpc) is 2.67. The second-order valence-electron chi connectivity index (χ2n) is 7.75. The Morgan fingerprint density at radius 3 is 2.39 bits per heavy atom. The number of ether oxygens (including phenoxy) is 2. The number of carboxylic acids is 1. The first kappa shape index (κ1) is 22.2. The molecule has 0 fully saturated rings. The molecule has 0 bridgehead atoms. The first-order chi connectivity index (χ1) is 14.4. The molecule has 0 aliphatic rings. The Morgan fingerprint density at radius 1 is 1.10 bits per heavy atom. The van der Waals surface area contributed by atoms with E-state index in [9.17, 15) is 27.9 Å². The van der Waals surface area contributed by atoms with E-state index >= 15 is 0 Å². The Morgan fingerprint density at radius 2 is 1.77 bits per heavy atom. The molecule has 6 nitrogen and oxygen atoms in total. The van der Waals surface area contributed by atoms with Gasteiger partial charge in [-0.05, 0) is 23.6 Å². The normalized spacial score (nSPS) is 12.1. The zero-order valence-corrected chi connectivity index (χ0v) is 16.8. The summed E-state index contributed by atoms with van der Waals surface area (Å²) in [5.41, 5.74) is -1.31. The highest BCUT2D eigenvalue weighted by Gasteiger charge is 2.41. The number of aliphatic carboxylic acids is 1. The van der Waals surface area contributed by atoms with E-state index in [2.05, 4.69) is 0 Å². The fourth-order valence-corrected chi connectivity index (χ4v) is 2.95. The number of carbonyl (C=O) groups is 1. The summed E-state index contributed by atoms with van der Waals surface area (Å²) in [5.74, 6) is -4.11. The minimum Gasteiger partial charge on any atom is -0.546 e. The number of alkyl halides is 3. The second kappa shape index (κ2) is 7.98. The quantitative estimate of drug-likeness (QED) is 0.601. The molecule has 0 unspecified atom stereocenters. The Bertz CT molecular complexity index is 1190. The van der Waals surface area contributed by atoms with Crippen molar-refractivity contribution in [3.8, 4) is 17.2 Å². The van der Waals surface area contributed by atoms with Crippen LogP contribution < -0.4 is 20.0 Å². The number of carboxylic acid groups (broad SMARTS) is 1. The topological polar surface area (TPSA) is 88.8 Å². The smallest absolute Gasteiger partial charge is 0.453 e. The van der Waals surface area contributed by atoms with Gasteiger partial charge in [0.1, 0.15) is 23.7 Å². The molecule has 9 heteroatoms. The van der Waals surface area contributed by atoms with Gasteiger partial charge >= 0.3 is 6.18 Å². The lowest BCUT2D eigenvalue weighted by molar-refractivity contribution is -0.307. The maximum atomic E-state index is 13.7. The van der Waals surface area contributed by atoms with Gasteiger partial charge in [-0.3, -0.25) is 4.79 Å². The van der Waals surface area contributed by atoms with Gasteiger partial charge in [0.05, 0.1) is 11.4 Å². The van der Waals surface area contributed by atoms with E-state index in [1.165, 1.54) is 18.2 Å². The third kappa shape index (κ3) is 4.82. The highest BCUT2D eigenvalue weighted by Crippen LogP contribution is 2.40. The van der Waals surface area contributed by atoms with Crippen LogP contribution in [0.1, 0.15) is 32.1 Å². The van der Waals surface area contributed by atoms with Crippen LogP contribution in [0, 0.1) is 0 Å². The molecule has 0 aliphatic heterocycles. The summed E-state index contributed by atoms with van der Waals surface area (Å²) in [6.07, 6.45) is -5.03. The van der Waals surface area contributed by atoms with Crippen LogP contribution in [-0.4, -0.2) is 12.6 Å². The van der Waals surface area contributed by atoms with Gasteiger partial charge in [-0.1, -0.05) is 39.0 Å². The molecule has 1 aromatic heterocycles. The summed E-state index contributed by atoms with van der Waals surface area (Å²) in [4.78, 5) is 23.4. The van der Waals surface area contributed by atoms with Crippen molar-refractivity contribution in [2.75, 3.05) is 6.61 Å². The van der Waals surface area contributed by atoms with Crippen LogP contribution >= 0.6 is 0 Å². The number of para-hydroxylation sites is 1. The number of carbonyl (C=O) groups excluding carboxylic acids is 1. The minimum atomic E-state index is -5.03. The van der Waals surface area contributed by atoms with E-state index in [-0.39, 0.29) is 16.9 Å². The Balaban J connectivity index is 2.18. The Hall–Kier alpha value is -3.49. The predicted octanol–water partition coefficient (Wildman–Crippen LogP) is 4.03. The lowest BCUT2D eigenvalue weighted by Gasteiger charge is -2.23. The monoisotopic (exact) mass is 435 g/mol. The molecule has 164 valence electrons. The van der Waals surface area contributed by atoms with Gasteiger partial charge in [-0.2, -0.15) is 13.2 Å². The molecule has 0 radical (unpaired) electrons. The number of hydrogen-bond donors (Lipinski definition) is 0. The average molecular weight is 435 g/mol. The van der Waals surface area contributed by atoms with Crippen molar-refractivity contribution in [3.63, 3.8) is 0 Å². The Labute approximate surface area is 174 Å². The van der Waals surface area contributed by atoms with Gasteiger partial charge in [0.25, 0.3) is 5.76 Å². The first-order valence-electron chi connectivity index (χ1n) is 9.16. The number of benzene rings is 2. The molecule has 31 heavy (non-hydrogen) atoms. The number of rotatable bonds is 5. The molecule has 0 aliphatic carbocycles. The predicted molar refractivity (Wildman–Crippen MR) is 103 cm³/mol. The van der Waals surface area contributed by atoms with Crippen LogP contribution in [0.5, 0.6) is 17.2 Å². The van der Waals surface area contributed by atoms with Crippen LogP contribution in [0.4, 0.5) is 13.2 Å². The molecular formula is C22H18F3O6-. The molecule has 2 aromatic carbocycles. The molecule has 3 aromatic rings. The molecule has 0 atom stereocenters. The third-order valence-electron chi connectivity index (χ3n) is 4.34. The van der Waals surface area contributed by atoms with Crippen LogP contribution in [0.15, 0.2) is 51.7 Å². The van der Waals surface area contributed by atoms with Crippen molar-refractivity contribution in [2.24, 2.45) is 0 Å². The molecule has 0 saturated heterocycles. The summed E-state index contributed by atoms with van der Waals surface area (Å²) in [6, 6.07) is 9.89. The van der Waals surface area contributed by atoms with Crippen molar-refractivity contribution < 1.29 is 37.0 Å². The van der Waals surface area contributed by atoms with E-state index in [1.54, 1.807) is 18.2 Å². The standard InChI is InChI=1S/C22H19F3O6/c1-21(2,3)14-6-4-5-7-15(14)30-19-18(28)13-9-8-12(29-11-17(26)27)10-16(13)31-20(19)22(23,24)25/h4-10H,11H2,1-3H3,(H,26,27)/p-1. The zero-order valence-electron chi connectivity index (χ0n) is 16.8. The van der Waals surface area contributed by atoms with Crippen molar-refractivity contribution in [2.45, 2.75) is 32.4 Å². The van der Waals surface area contributed by atoms with Crippen molar-refractivity contribution >= 4 is 16.9 Å². The van der Waals surface area contributed by atoms with Crippen molar-refractivity contribution in [3.05, 3.63) is 64.0 Å². The van der Waals surface area contributed by atoms with Gasteiger partial charge in [0.2, 0.25) is 11.2 Å². The van der Waals surface area contributed by atoms with Gasteiger partial charge in [-0.15, -0.1) is 0 Å². The zero-order chi connectivity index (χ0) is 23.0. The first-order valence-corrected chi connectivity index (χ1v) is 9.16. The van der Waals surface area contributed by atoms with Crippen LogP contribution in [0.3, 0.4) is 0 Å². The molecule has 1 heterocycles. The van der Waals surface area contributed by atoms with Gasteiger partial charge < -0.3 is 23.8 Å². The lowest BCUT2D eigenvalue weighted by atomic mass is 9.86. The molecule has 0 spiro atoms. The molecule has 0 saturated carbocycles. The third-order valence-corrected chi connectivity index (χ3v) is 4.34. The van der Waals surface area contributed by atoms with Gasteiger partial charge in [-0.25, -0.2) is 0 Å². The van der Waals surface area contributed by atoms with E-state index in [0.29, 0.717) is 5.56 Å². The molecular weight excluding hydrogens is 417 g/mol. The van der Waals surface area contributed by atoms with Crippen LogP contribution in [0.2, 0.25) is 0 Å². The Kier molecular flexibility index (Phi) is 5.71. The summed E-state index contributed by atoms with van der Waals surface area (Å²) in [7, 11) is 0. The summed E-state index contributed by atoms with van der Waals surface area (Å²) in [6.45, 7) is 4.76. The maximum Gasteiger partial charge on any atom is 0.453 e. The molecule has 0 N–H and O–H groups in total. The fourth-order valence-electron chi connectivity index (χ4n) is 2.95. The van der Waals surface area contributed by atoms with Gasteiger partial charge in [0.15, 0.2) is 0 Å². The summed E-state index contributed by atoms with van der Waals surface area (Å²) in [5, 5.41) is 10.3. The van der Waals surface area contributed by atoms with E-state index in [1.807, 2.05) is 20.8 Å².